The number of rotatable bonds is 6. The van der Waals surface area contributed by atoms with E-state index < -0.39 is 24.0 Å². The Hall–Kier alpha value is -1.66. The Morgan fingerprint density at radius 2 is 1.25 bits per heavy atom. The fourth-order valence-corrected chi connectivity index (χ4v) is 1.43. The van der Waals surface area contributed by atoms with Crippen molar-refractivity contribution in [1.82, 2.24) is 19.9 Å². The van der Waals surface area contributed by atoms with Crippen molar-refractivity contribution in [1.29, 1.82) is 0 Å². The zero-order chi connectivity index (χ0) is 16.5. The van der Waals surface area contributed by atoms with Crippen molar-refractivity contribution in [2.75, 3.05) is 0 Å². The molecule has 2 aromatic rings. The Labute approximate surface area is 159 Å². The van der Waals surface area contributed by atoms with E-state index in [0.29, 0.717) is 11.4 Å². The van der Waals surface area contributed by atoms with Crippen molar-refractivity contribution >= 4 is 11.9 Å². The van der Waals surface area contributed by atoms with Crippen LogP contribution in [0.4, 0.5) is 0 Å². The second kappa shape index (κ2) is 12.7. The predicted octanol–water partition coefficient (Wildman–Crippen LogP) is -1.28. The van der Waals surface area contributed by atoms with Gasteiger partial charge in [0.15, 0.2) is 0 Å². The van der Waals surface area contributed by atoms with Gasteiger partial charge in [0.05, 0.1) is 24.0 Å². The summed E-state index contributed by atoms with van der Waals surface area (Å²) in [4.78, 5) is 33.6. The quantitative estimate of drug-likeness (QED) is 0.338. The summed E-state index contributed by atoms with van der Waals surface area (Å²) < 4.78 is 0. The number of nitrogens with one attached hydrogen (secondary N) is 2. The fraction of sp³-hybridized carbons (Fsp3) is 0.333. The van der Waals surface area contributed by atoms with Gasteiger partial charge in [-0.1, -0.05) is 0 Å². The maximum Gasteiger partial charge on any atom is 0.320 e. The second-order valence-electron chi connectivity index (χ2n) is 4.42. The minimum atomic E-state index is -1.01. The number of aromatic nitrogens is 4. The molecule has 2 atom stereocenters. The van der Waals surface area contributed by atoms with Crippen molar-refractivity contribution in [2.45, 2.75) is 24.9 Å². The van der Waals surface area contributed by atoms with E-state index in [4.69, 9.17) is 21.7 Å². The van der Waals surface area contributed by atoms with Gasteiger partial charge in [0.25, 0.3) is 0 Å². The van der Waals surface area contributed by atoms with Gasteiger partial charge in [-0.15, -0.1) is 0 Å². The van der Waals surface area contributed by atoms with Gasteiger partial charge in [-0.3, -0.25) is 9.59 Å². The fourth-order valence-electron chi connectivity index (χ4n) is 1.43. The molecule has 2 rings (SSSR count). The van der Waals surface area contributed by atoms with E-state index in [9.17, 15) is 9.59 Å². The molecule has 132 valence electrons. The van der Waals surface area contributed by atoms with Crippen LogP contribution in [0.15, 0.2) is 25.0 Å². The second-order valence-corrected chi connectivity index (χ2v) is 4.42. The van der Waals surface area contributed by atoms with E-state index in [2.05, 4.69) is 19.9 Å². The molecule has 10 nitrogen and oxygen atoms in total. The van der Waals surface area contributed by atoms with Crippen LogP contribution in [-0.2, 0) is 57.2 Å². The topological polar surface area (TPSA) is 184 Å². The Bertz CT molecular complexity index is 526. The Balaban J connectivity index is 0. The Kier molecular flexibility index (Phi) is 13.0. The van der Waals surface area contributed by atoms with E-state index in [1.807, 2.05) is 0 Å². The molecule has 0 spiro atoms. The van der Waals surface area contributed by atoms with Gasteiger partial charge >= 0.3 is 11.9 Å². The summed E-state index contributed by atoms with van der Waals surface area (Å²) >= 11 is 0. The number of carboxylic acids is 2. The summed E-state index contributed by atoms with van der Waals surface area (Å²) in [7, 11) is 0. The molecule has 0 radical (unpaired) electrons. The number of imidazole rings is 2. The van der Waals surface area contributed by atoms with Crippen LogP contribution in [0, 0.1) is 0 Å². The van der Waals surface area contributed by atoms with Crippen molar-refractivity contribution in [2.24, 2.45) is 11.5 Å². The van der Waals surface area contributed by atoms with Crippen molar-refractivity contribution in [3.05, 3.63) is 36.4 Å². The Morgan fingerprint density at radius 3 is 1.46 bits per heavy atom. The van der Waals surface area contributed by atoms with E-state index in [1.54, 1.807) is 12.4 Å². The van der Waals surface area contributed by atoms with Crippen molar-refractivity contribution in [3.8, 4) is 0 Å². The summed E-state index contributed by atoms with van der Waals surface area (Å²) in [6, 6.07) is -1.73. The molecule has 0 fully saturated rings. The van der Waals surface area contributed by atoms with Gasteiger partial charge < -0.3 is 31.6 Å². The standard InChI is InChI=1S/2C6H9N3O2.2Cr/c2*7-5(6(10)11)1-4-2-8-3-9-4;;/h2*2-3,5H,1,7H2,(H,8,9)(H,10,11);;. The number of nitrogens with two attached hydrogens (primary N) is 2. The first-order valence-corrected chi connectivity index (χ1v) is 6.32. The summed E-state index contributed by atoms with van der Waals surface area (Å²) in [6.45, 7) is 0. The number of nitrogens with zero attached hydrogens (tertiary/aromatic N) is 2. The van der Waals surface area contributed by atoms with Gasteiger partial charge in [-0.25, -0.2) is 9.97 Å². The maximum absolute atomic E-state index is 10.3. The zero-order valence-corrected chi connectivity index (χ0v) is 15.0. The molecule has 2 heterocycles. The monoisotopic (exact) mass is 414 g/mol. The average Bonchev–Trinajstić information content (AvgIpc) is 3.12. The first-order chi connectivity index (χ1) is 10.4. The first-order valence-electron chi connectivity index (χ1n) is 6.32. The van der Waals surface area contributed by atoms with Crippen molar-refractivity contribution in [3.63, 3.8) is 0 Å². The predicted molar refractivity (Wildman–Crippen MR) is 75.8 cm³/mol. The number of carboxylic acid groups (broad SMARTS) is 2. The maximum atomic E-state index is 10.3. The molecule has 2 aromatic heterocycles. The van der Waals surface area contributed by atoms with Crippen LogP contribution in [0.5, 0.6) is 0 Å². The van der Waals surface area contributed by atoms with Crippen LogP contribution < -0.4 is 11.5 Å². The van der Waals surface area contributed by atoms with E-state index >= 15 is 0 Å². The normalized spacial score (nSPS) is 11.8. The van der Waals surface area contributed by atoms with Crippen LogP contribution in [-0.4, -0.2) is 54.2 Å². The minimum Gasteiger partial charge on any atom is -0.480 e. The molecular weight excluding hydrogens is 396 g/mol. The third kappa shape index (κ3) is 9.48. The smallest absolute Gasteiger partial charge is 0.320 e. The third-order valence-corrected chi connectivity index (χ3v) is 2.60. The SMILES string of the molecule is NC(Cc1c[nH]cn1)C(=O)O.NC(Cc1c[nH]cn1)C(=O)O.[Cr].[Cr]. The molecule has 12 heteroatoms. The van der Waals surface area contributed by atoms with Gasteiger partial charge in [0, 0.05) is 60.0 Å². The molecule has 0 bridgehead atoms. The summed E-state index contributed by atoms with van der Waals surface area (Å²) in [5.41, 5.74) is 11.8. The zero-order valence-electron chi connectivity index (χ0n) is 12.5. The summed E-state index contributed by atoms with van der Waals surface area (Å²) in [5.74, 6) is -2.01. The molecule has 0 saturated heterocycles. The number of H-pyrrole nitrogens is 2. The summed E-state index contributed by atoms with van der Waals surface area (Å²) in [5, 5.41) is 16.8. The summed E-state index contributed by atoms with van der Waals surface area (Å²) in [6.07, 6.45) is 6.76. The molecule has 0 aliphatic carbocycles. The molecule has 0 aliphatic heterocycles. The molecule has 0 aliphatic rings. The molecule has 0 amide bonds. The van der Waals surface area contributed by atoms with Crippen LogP contribution in [0.2, 0.25) is 0 Å². The van der Waals surface area contributed by atoms with Crippen LogP contribution in [0.3, 0.4) is 0 Å². The number of aromatic amines is 2. The molecular formula is C12H18Cr2N6O4. The molecule has 0 saturated carbocycles. The van der Waals surface area contributed by atoms with Gasteiger partial charge in [-0.2, -0.15) is 0 Å². The van der Waals surface area contributed by atoms with Crippen LogP contribution in [0.25, 0.3) is 0 Å². The van der Waals surface area contributed by atoms with E-state index in [-0.39, 0.29) is 47.6 Å². The number of aliphatic carboxylic acids is 2. The molecule has 24 heavy (non-hydrogen) atoms. The molecule has 2 unspecified atom stereocenters. The molecule has 8 N–H and O–H groups in total. The average molecular weight is 414 g/mol. The van der Waals surface area contributed by atoms with E-state index in [0.717, 1.165) is 0 Å². The minimum absolute atomic E-state index is 0. The van der Waals surface area contributed by atoms with Gasteiger partial charge in [-0.05, 0) is 0 Å². The van der Waals surface area contributed by atoms with E-state index in [1.165, 1.54) is 12.7 Å². The number of carbonyl (C=O) groups is 2. The van der Waals surface area contributed by atoms with Crippen molar-refractivity contribution < 1.29 is 54.5 Å². The van der Waals surface area contributed by atoms with Gasteiger partial charge in [0.1, 0.15) is 12.1 Å². The third-order valence-electron chi connectivity index (χ3n) is 2.60. The largest absolute Gasteiger partial charge is 0.480 e. The number of hydrogen-bond donors (Lipinski definition) is 6. The van der Waals surface area contributed by atoms with Crippen LogP contribution in [0.1, 0.15) is 11.4 Å². The van der Waals surface area contributed by atoms with Gasteiger partial charge in [0.2, 0.25) is 0 Å². The van der Waals surface area contributed by atoms with Crippen LogP contribution >= 0.6 is 0 Å². The molecule has 0 aromatic carbocycles. The number of hydrogen-bond acceptors (Lipinski definition) is 6. The first kappa shape index (κ1) is 24.6. The Morgan fingerprint density at radius 1 is 0.917 bits per heavy atom.